The van der Waals surface area contributed by atoms with Crippen molar-refractivity contribution in [2.24, 2.45) is 0 Å². The van der Waals surface area contributed by atoms with Crippen molar-refractivity contribution < 1.29 is 14.5 Å². The van der Waals surface area contributed by atoms with E-state index in [1.807, 2.05) is 11.0 Å². The molecule has 4 aromatic rings. The summed E-state index contributed by atoms with van der Waals surface area (Å²) in [5, 5.41) is 19.9. The summed E-state index contributed by atoms with van der Waals surface area (Å²) >= 11 is 12.2. The minimum absolute atomic E-state index is 0.0516. The molecule has 10 nitrogen and oxygen atoms in total. The number of rotatable bonds is 5. The molecule has 0 bridgehead atoms. The van der Waals surface area contributed by atoms with Crippen molar-refractivity contribution in [2.75, 3.05) is 18.4 Å². The number of nitrogens with one attached hydrogen (secondary N) is 1. The van der Waals surface area contributed by atoms with E-state index < -0.39 is 10.8 Å². The van der Waals surface area contributed by atoms with Crippen LogP contribution in [0.2, 0.25) is 10.0 Å². The lowest BCUT2D eigenvalue weighted by Gasteiger charge is -2.32. The molecule has 1 saturated heterocycles. The number of carbonyl (C=O) groups is 2. The Morgan fingerprint density at radius 1 is 1.13 bits per heavy atom. The number of nitro benzene ring substituents is 1. The second-order valence-corrected chi connectivity index (χ2v) is 9.91. The Morgan fingerprint density at radius 3 is 2.63 bits per heavy atom. The number of fused-ring (bicyclic) bond motifs is 1. The molecule has 2 aromatic carbocycles. The van der Waals surface area contributed by atoms with Gasteiger partial charge in [-0.05, 0) is 44.0 Å². The van der Waals surface area contributed by atoms with E-state index in [1.54, 1.807) is 35.3 Å². The molecule has 1 fully saturated rings. The van der Waals surface area contributed by atoms with Gasteiger partial charge in [0.05, 0.1) is 39.0 Å². The number of anilines is 1. The van der Waals surface area contributed by atoms with Crippen LogP contribution in [0.3, 0.4) is 0 Å². The normalized spacial score (nSPS) is 14.0. The van der Waals surface area contributed by atoms with Gasteiger partial charge in [-0.3, -0.25) is 29.4 Å². The average Bonchev–Trinajstić information content (AvgIpc) is 3.37. The number of hydrogen-bond acceptors (Lipinski definition) is 6. The summed E-state index contributed by atoms with van der Waals surface area (Å²) in [7, 11) is 0. The van der Waals surface area contributed by atoms with Crippen LogP contribution in [0.15, 0.2) is 55.0 Å². The Balaban J connectivity index is 1.22. The molecule has 1 aliphatic heterocycles. The summed E-state index contributed by atoms with van der Waals surface area (Å²) in [5.41, 5.74) is 1.82. The van der Waals surface area contributed by atoms with Gasteiger partial charge in [0.25, 0.3) is 17.5 Å². The van der Waals surface area contributed by atoms with Crippen LogP contribution in [-0.2, 0) is 0 Å². The highest BCUT2D eigenvalue weighted by Gasteiger charge is 2.26. The molecule has 0 aliphatic carbocycles. The maximum Gasteiger partial charge on any atom is 0.274 e. The van der Waals surface area contributed by atoms with Gasteiger partial charge in [0.15, 0.2) is 0 Å². The zero-order valence-corrected chi connectivity index (χ0v) is 21.7. The van der Waals surface area contributed by atoms with Crippen LogP contribution in [-0.4, -0.2) is 49.5 Å². The molecule has 1 N–H and O–H groups in total. The lowest BCUT2D eigenvalue weighted by Crippen LogP contribution is -2.39. The fraction of sp³-hybridized carbons (Fsp3) is 0.231. The first-order valence-corrected chi connectivity index (χ1v) is 12.6. The summed E-state index contributed by atoms with van der Waals surface area (Å²) in [6, 6.07) is 9.72. The van der Waals surface area contributed by atoms with Gasteiger partial charge in [0.1, 0.15) is 0 Å². The van der Waals surface area contributed by atoms with E-state index in [-0.39, 0.29) is 33.8 Å². The van der Waals surface area contributed by atoms with Gasteiger partial charge >= 0.3 is 0 Å². The Bertz CT molecular complexity index is 1580. The molecule has 12 heteroatoms. The van der Waals surface area contributed by atoms with Crippen LogP contribution >= 0.6 is 23.2 Å². The number of carbonyl (C=O) groups excluding carboxylic acids is 2. The van der Waals surface area contributed by atoms with E-state index in [4.69, 9.17) is 23.2 Å². The van der Waals surface area contributed by atoms with Crippen LogP contribution in [0.4, 0.5) is 11.4 Å². The van der Waals surface area contributed by atoms with Gasteiger partial charge in [-0.15, -0.1) is 0 Å². The van der Waals surface area contributed by atoms with E-state index in [1.165, 1.54) is 25.3 Å². The van der Waals surface area contributed by atoms with Crippen LogP contribution in [0.1, 0.15) is 45.2 Å². The third-order valence-electron chi connectivity index (χ3n) is 6.71. The van der Waals surface area contributed by atoms with Crippen molar-refractivity contribution >= 4 is 57.3 Å². The highest BCUT2D eigenvalue weighted by Crippen LogP contribution is 2.29. The maximum atomic E-state index is 13.1. The van der Waals surface area contributed by atoms with Gasteiger partial charge < -0.3 is 10.2 Å². The lowest BCUT2D eigenvalue weighted by atomic mass is 10.0. The van der Waals surface area contributed by atoms with Crippen molar-refractivity contribution in [3.63, 3.8) is 0 Å². The Labute approximate surface area is 227 Å². The summed E-state index contributed by atoms with van der Waals surface area (Å²) in [4.78, 5) is 42.7. The predicted molar refractivity (Wildman–Crippen MR) is 144 cm³/mol. The molecule has 2 aromatic heterocycles. The number of nitro groups is 1. The molecule has 3 heterocycles. The number of aromatic nitrogens is 3. The quantitative estimate of drug-likeness (QED) is 0.250. The minimum atomic E-state index is -0.570. The number of piperidine rings is 1. The first-order valence-electron chi connectivity index (χ1n) is 11.8. The molecular weight excluding hydrogens is 531 g/mol. The van der Waals surface area contributed by atoms with E-state index in [9.17, 15) is 19.7 Å². The van der Waals surface area contributed by atoms with E-state index >= 15 is 0 Å². The third-order valence-corrected chi connectivity index (χ3v) is 7.26. The van der Waals surface area contributed by atoms with Crippen LogP contribution in [0, 0.1) is 17.0 Å². The number of halogens is 2. The van der Waals surface area contributed by atoms with Crippen LogP contribution in [0.5, 0.6) is 0 Å². The van der Waals surface area contributed by atoms with Crippen LogP contribution < -0.4 is 5.32 Å². The monoisotopic (exact) mass is 552 g/mol. The largest absolute Gasteiger partial charge is 0.338 e. The van der Waals surface area contributed by atoms with Gasteiger partial charge in [-0.25, -0.2) is 0 Å². The number of hydrogen-bond donors (Lipinski definition) is 1. The molecule has 0 saturated carbocycles. The Hall–Kier alpha value is -4.02. The molecule has 194 valence electrons. The van der Waals surface area contributed by atoms with Gasteiger partial charge in [0.2, 0.25) is 0 Å². The van der Waals surface area contributed by atoms with Gasteiger partial charge in [0, 0.05) is 53.1 Å². The van der Waals surface area contributed by atoms with Crippen molar-refractivity contribution in [1.82, 2.24) is 19.7 Å². The molecule has 0 unspecified atom stereocenters. The number of benzene rings is 2. The number of amides is 2. The van der Waals surface area contributed by atoms with Gasteiger partial charge in [-0.2, -0.15) is 5.10 Å². The molecule has 0 radical (unpaired) electrons. The van der Waals surface area contributed by atoms with Crippen molar-refractivity contribution in [2.45, 2.75) is 25.8 Å². The van der Waals surface area contributed by atoms with Crippen molar-refractivity contribution in [3.8, 4) is 0 Å². The summed E-state index contributed by atoms with van der Waals surface area (Å²) in [6.45, 7) is 2.61. The first kappa shape index (κ1) is 25.6. The van der Waals surface area contributed by atoms with E-state index in [0.29, 0.717) is 47.7 Å². The zero-order valence-electron chi connectivity index (χ0n) is 20.2. The number of likely N-dealkylation sites (tertiary alicyclic amines) is 1. The molecule has 0 atom stereocenters. The average molecular weight is 553 g/mol. The van der Waals surface area contributed by atoms with E-state index in [2.05, 4.69) is 15.4 Å². The highest BCUT2D eigenvalue weighted by molar-refractivity contribution is 6.35. The second-order valence-electron chi connectivity index (χ2n) is 9.07. The lowest BCUT2D eigenvalue weighted by molar-refractivity contribution is -0.385. The topological polar surface area (TPSA) is 123 Å². The Morgan fingerprint density at radius 2 is 1.89 bits per heavy atom. The molecule has 2 amide bonds. The highest BCUT2D eigenvalue weighted by atomic mass is 35.5. The first-order chi connectivity index (χ1) is 18.2. The second kappa shape index (κ2) is 10.4. The maximum absolute atomic E-state index is 13.1. The zero-order chi connectivity index (χ0) is 27.0. The smallest absolute Gasteiger partial charge is 0.274 e. The third kappa shape index (κ3) is 5.05. The number of pyridine rings is 1. The summed E-state index contributed by atoms with van der Waals surface area (Å²) in [5.74, 6) is -0.578. The predicted octanol–water partition coefficient (Wildman–Crippen LogP) is 5.68. The van der Waals surface area contributed by atoms with Crippen molar-refractivity contribution in [1.29, 1.82) is 0 Å². The van der Waals surface area contributed by atoms with Crippen LogP contribution in [0.25, 0.3) is 10.9 Å². The molecule has 38 heavy (non-hydrogen) atoms. The standard InChI is InChI=1S/C26H22Cl2N6O4/c1-15-21(11-17(27)12-24(15)34(37)38)25(35)31-18-13-30-33(14-18)19-5-8-32(9-6-19)26(36)16-2-3-20-22(28)4-7-29-23(20)10-16/h2-4,7,10-14,19H,5-6,8-9H2,1H3,(H,31,35). The Kier molecular flexibility index (Phi) is 7.00. The summed E-state index contributed by atoms with van der Waals surface area (Å²) < 4.78 is 1.77. The fourth-order valence-corrected chi connectivity index (χ4v) is 5.08. The molecule has 0 spiro atoms. The number of nitrogens with zero attached hydrogens (tertiary/aromatic N) is 5. The van der Waals surface area contributed by atoms with Gasteiger partial charge in [-0.1, -0.05) is 29.3 Å². The molecular formula is C26H22Cl2N6O4. The molecule has 5 rings (SSSR count). The summed E-state index contributed by atoms with van der Waals surface area (Å²) in [6.07, 6.45) is 6.24. The van der Waals surface area contributed by atoms with E-state index in [0.717, 1.165) is 5.39 Å². The minimum Gasteiger partial charge on any atom is -0.338 e. The molecule has 1 aliphatic rings. The van der Waals surface area contributed by atoms with Crippen molar-refractivity contribution in [3.05, 3.63) is 91.8 Å². The fourth-order valence-electron chi connectivity index (χ4n) is 4.65. The SMILES string of the molecule is Cc1c(C(=O)Nc2cnn(C3CCN(C(=O)c4ccc5c(Cl)ccnc5c4)CC3)c2)cc(Cl)cc1[N+](=O)[O-].